The van der Waals surface area contributed by atoms with Gasteiger partial charge in [-0.15, -0.1) is 0 Å². The van der Waals surface area contributed by atoms with E-state index in [2.05, 4.69) is 0 Å². The zero-order chi connectivity index (χ0) is 18.8. The lowest BCUT2D eigenvalue weighted by molar-refractivity contribution is -0.185. The Morgan fingerprint density at radius 3 is 2.54 bits per heavy atom. The topological polar surface area (TPSA) is 83.9 Å². The summed E-state index contributed by atoms with van der Waals surface area (Å²) in [4.78, 5) is 14.0. The number of carbonyl (C=O) groups excluding carboxylic acids is 1. The Hall–Kier alpha value is -1.44. The molecule has 6 nitrogen and oxygen atoms in total. The molecule has 26 heavy (non-hydrogen) atoms. The van der Waals surface area contributed by atoms with Gasteiger partial charge in [-0.05, 0) is 18.4 Å². The van der Waals surface area contributed by atoms with Crippen molar-refractivity contribution in [2.45, 2.75) is 49.9 Å². The standard InChI is InChI=1S/C19H27NO5S/c1-26(23,24)12-7-18(22)20-10-8-19(9-11-20)14-16(21)13-17(25-19)15-5-3-2-4-6-15/h2-6,16-17,21H,7-14H2,1H3/t16-,17-/m1/s1. The predicted molar refractivity (Wildman–Crippen MR) is 98.4 cm³/mol. The molecule has 3 rings (SSSR count). The van der Waals surface area contributed by atoms with Crippen LogP contribution in [0.5, 0.6) is 0 Å². The molecule has 0 bridgehead atoms. The fourth-order valence-electron chi connectivity index (χ4n) is 3.95. The van der Waals surface area contributed by atoms with E-state index in [9.17, 15) is 18.3 Å². The number of aliphatic hydroxyl groups excluding tert-OH is 1. The molecular weight excluding hydrogens is 354 g/mol. The molecule has 1 N–H and O–H groups in total. The summed E-state index contributed by atoms with van der Waals surface area (Å²) in [5.74, 6) is -0.236. The van der Waals surface area contributed by atoms with Crippen LogP contribution in [-0.4, -0.2) is 61.1 Å². The fourth-order valence-corrected chi connectivity index (χ4v) is 4.49. The van der Waals surface area contributed by atoms with Crippen LogP contribution < -0.4 is 0 Å². The van der Waals surface area contributed by atoms with Gasteiger partial charge in [-0.25, -0.2) is 8.42 Å². The summed E-state index contributed by atoms with van der Waals surface area (Å²) in [7, 11) is -3.14. The number of hydrogen-bond acceptors (Lipinski definition) is 5. The second-order valence-electron chi connectivity index (χ2n) is 7.55. The van der Waals surface area contributed by atoms with Crippen LogP contribution in [0.2, 0.25) is 0 Å². The number of amides is 1. The molecule has 1 amide bonds. The van der Waals surface area contributed by atoms with Crippen LogP contribution in [0.25, 0.3) is 0 Å². The third kappa shape index (κ3) is 4.84. The Morgan fingerprint density at radius 1 is 1.27 bits per heavy atom. The van der Waals surface area contributed by atoms with Gasteiger partial charge in [0.05, 0.1) is 23.6 Å². The number of likely N-dealkylation sites (tertiary alicyclic amines) is 1. The highest BCUT2D eigenvalue weighted by Gasteiger charge is 2.44. The van der Waals surface area contributed by atoms with Gasteiger partial charge in [0.25, 0.3) is 0 Å². The predicted octanol–water partition coefficient (Wildman–Crippen LogP) is 1.69. The molecule has 7 heteroatoms. The van der Waals surface area contributed by atoms with Crippen molar-refractivity contribution in [1.82, 2.24) is 4.90 Å². The van der Waals surface area contributed by atoms with Gasteiger partial charge in [-0.2, -0.15) is 0 Å². The van der Waals surface area contributed by atoms with Crippen LogP contribution in [0.15, 0.2) is 30.3 Å². The molecule has 1 spiro atoms. The number of carbonyl (C=O) groups is 1. The van der Waals surface area contributed by atoms with Crippen molar-refractivity contribution >= 4 is 15.7 Å². The number of sulfone groups is 1. The van der Waals surface area contributed by atoms with Gasteiger partial charge in [0.15, 0.2) is 0 Å². The minimum atomic E-state index is -3.14. The molecule has 2 atom stereocenters. The lowest BCUT2D eigenvalue weighted by atomic mass is 9.81. The molecule has 0 aromatic heterocycles. The average Bonchev–Trinajstić information content (AvgIpc) is 2.60. The van der Waals surface area contributed by atoms with E-state index in [0.29, 0.717) is 38.8 Å². The van der Waals surface area contributed by atoms with E-state index >= 15 is 0 Å². The second-order valence-corrected chi connectivity index (χ2v) is 9.81. The molecule has 0 radical (unpaired) electrons. The summed E-state index contributed by atoms with van der Waals surface area (Å²) < 4.78 is 28.9. The normalized spacial score (nSPS) is 26.0. The van der Waals surface area contributed by atoms with Crippen molar-refractivity contribution in [2.24, 2.45) is 0 Å². The molecule has 2 fully saturated rings. The quantitative estimate of drug-likeness (QED) is 0.858. The van der Waals surface area contributed by atoms with E-state index < -0.39 is 21.5 Å². The van der Waals surface area contributed by atoms with E-state index in [1.807, 2.05) is 30.3 Å². The van der Waals surface area contributed by atoms with Crippen molar-refractivity contribution < 1.29 is 23.1 Å². The van der Waals surface area contributed by atoms with Crippen molar-refractivity contribution in [1.29, 1.82) is 0 Å². The van der Waals surface area contributed by atoms with E-state index in [1.165, 1.54) is 0 Å². The highest BCUT2D eigenvalue weighted by atomic mass is 32.2. The summed E-state index contributed by atoms with van der Waals surface area (Å²) in [5.41, 5.74) is 0.656. The SMILES string of the molecule is CS(=O)(=O)CCC(=O)N1CCC2(CC1)C[C@H](O)C[C@H](c1ccccc1)O2. The number of hydrogen-bond donors (Lipinski definition) is 1. The second kappa shape index (κ2) is 7.66. The zero-order valence-corrected chi connectivity index (χ0v) is 16.0. The summed E-state index contributed by atoms with van der Waals surface area (Å²) in [6.07, 6.45) is 3.13. The third-order valence-electron chi connectivity index (χ3n) is 5.37. The molecule has 144 valence electrons. The maximum atomic E-state index is 12.2. The Labute approximate surface area is 155 Å². The summed E-state index contributed by atoms with van der Waals surface area (Å²) >= 11 is 0. The Bertz CT molecular complexity index is 726. The fraction of sp³-hybridized carbons (Fsp3) is 0.632. The smallest absolute Gasteiger partial charge is 0.223 e. The van der Waals surface area contributed by atoms with E-state index in [4.69, 9.17) is 4.74 Å². The summed E-state index contributed by atoms with van der Waals surface area (Å²) in [6.45, 7) is 1.08. The molecule has 1 aromatic carbocycles. The highest BCUT2D eigenvalue weighted by Crippen LogP contribution is 2.42. The van der Waals surface area contributed by atoms with Crippen molar-refractivity contribution in [3.8, 4) is 0 Å². The number of rotatable bonds is 4. The Balaban J connectivity index is 1.61. The molecule has 0 saturated carbocycles. The minimum absolute atomic E-state index is 0.0297. The summed E-state index contributed by atoms with van der Waals surface area (Å²) in [6, 6.07) is 9.92. The maximum Gasteiger partial charge on any atom is 0.223 e. The van der Waals surface area contributed by atoms with Crippen LogP contribution in [0.3, 0.4) is 0 Å². The van der Waals surface area contributed by atoms with Gasteiger partial charge >= 0.3 is 0 Å². The largest absolute Gasteiger partial charge is 0.393 e. The molecule has 2 heterocycles. The lowest BCUT2D eigenvalue weighted by Crippen LogP contribution is -2.52. The molecule has 2 aliphatic rings. The first-order valence-corrected chi connectivity index (χ1v) is 11.2. The number of aliphatic hydroxyl groups is 1. The number of benzene rings is 1. The summed E-state index contributed by atoms with van der Waals surface area (Å²) in [5, 5.41) is 10.4. The first-order valence-electron chi connectivity index (χ1n) is 9.13. The first kappa shape index (κ1) is 19.3. The highest BCUT2D eigenvalue weighted by molar-refractivity contribution is 7.90. The van der Waals surface area contributed by atoms with Gasteiger partial charge in [0.1, 0.15) is 9.84 Å². The van der Waals surface area contributed by atoms with Gasteiger partial charge < -0.3 is 14.7 Å². The van der Waals surface area contributed by atoms with Gasteiger partial charge in [-0.3, -0.25) is 4.79 Å². The van der Waals surface area contributed by atoms with E-state index in [-0.39, 0.29) is 24.2 Å². The van der Waals surface area contributed by atoms with Crippen molar-refractivity contribution in [3.05, 3.63) is 35.9 Å². The van der Waals surface area contributed by atoms with Crippen LogP contribution in [-0.2, 0) is 19.4 Å². The lowest BCUT2D eigenvalue weighted by Gasteiger charge is -2.48. The molecule has 0 aliphatic carbocycles. The Morgan fingerprint density at radius 2 is 1.92 bits per heavy atom. The molecule has 0 unspecified atom stereocenters. The van der Waals surface area contributed by atoms with Gasteiger partial charge in [0.2, 0.25) is 5.91 Å². The van der Waals surface area contributed by atoms with Crippen LogP contribution >= 0.6 is 0 Å². The van der Waals surface area contributed by atoms with Crippen LogP contribution in [0, 0.1) is 0 Å². The Kier molecular flexibility index (Phi) is 5.69. The van der Waals surface area contributed by atoms with Crippen LogP contribution in [0.4, 0.5) is 0 Å². The van der Waals surface area contributed by atoms with Crippen molar-refractivity contribution in [3.63, 3.8) is 0 Å². The minimum Gasteiger partial charge on any atom is -0.393 e. The van der Waals surface area contributed by atoms with E-state index in [0.717, 1.165) is 11.8 Å². The monoisotopic (exact) mass is 381 g/mol. The van der Waals surface area contributed by atoms with Gasteiger partial charge in [0, 0.05) is 38.6 Å². The first-order chi connectivity index (χ1) is 12.3. The maximum absolute atomic E-state index is 12.2. The van der Waals surface area contributed by atoms with Crippen LogP contribution in [0.1, 0.15) is 43.8 Å². The molecule has 2 saturated heterocycles. The van der Waals surface area contributed by atoms with Gasteiger partial charge in [-0.1, -0.05) is 30.3 Å². The zero-order valence-electron chi connectivity index (χ0n) is 15.1. The molecule has 1 aromatic rings. The number of nitrogens with zero attached hydrogens (tertiary/aromatic N) is 1. The van der Waals surface area contributed by atoms with Crippen molar-refractivity contribution in [2.75, 3.05) is 25.1 Å². The number of piperidine rings is 1. The third-order valence-corrected chi connectivity index (χ3v) is 6.32. The van der Waals surface area contributed by atoms with E-state index in [1.54, 1.807) is 4.90 Å². The average molecular weight is 381 g/mol. The molecule has 2 aliphatic heterocycles. The number of ether oxygens (including phenoxy) is 1. The molecular formula is C19H27NO5S.